The van der Waals surface area contributed by atoms with Crippen molar-refractivity contribution < 1.29 is 4.79 Å². The number of amides is 1. The molecule has 0 radical (unpaired) electrons. The van der Waals surface area contributed by atoms with E-state index in [0.717, 1.165) is 26.0 Å². The molecular weight excluding hydrogens is 306 g/mol. The van der Waals surface area contributed by atoms with Gasteiger partial charge in [0.05, 0.1) is 0 Å². The Morgan fingerprint density at radius 2 is 1.25 bits per heavy atom. The van der Waals surface area contributed by atoms with Crippen LogP contribution in [0.25, 0.3) is 0 Å². The van der Waals surface area contributed by atoms with Crippen molar-refractivity contribution >= 4 is 43.4 Å². The Morgan fingerprint density at radius 3 is 1.55 bits per heavy atom. The van der Waals surface area contributed by atoms with Crippen LogP contribution < -0.4 is 0 Å². The molecule has 106 valence electrons. The molecule has 0 bridgehead atoms. The van der Waals surface area contributed by atoms with Crippen molar-refractivity contribution in [1.29, 1.82) is 0 Å². The monoisotopic (exact) mass is 323 g/mol. The van der Waals surface area contributed by atoms with Gasteiger partial charge in [0.15, 0.2) is 0 Å². The predicted molar refractivity (Wildman–Crippen MR) is 91.3 cm³/mol. The molecule has 0 atom stereocenters. The molecule has 0 N–H and O–H groups in total. The Hall–Kier alpha value is -1.04. The summed E-state index contributed by atoms with van der Waals surface area (Å²) in [7, 11) is 3.38. The highest BCUT2D eigenvalue weighted by Crippen LogP contribution is 2.35. The SMILES string of the molecule is CN(C)C=O.Sc1ccccc1Sc1ccccc1S. The molecule has 20 heavy (non-hydrogen) atoms. The lowest BCUT2D eigenvalue weighted by Gasteiger charge is -2.06. The van der Waals surface area contributed by atoms with E-state index in [1.165, 1.54) is 4.90 Å². The van der Waals surface area contributed by atoms with Gasteiger partial charge in [0.2, 0.25) is 6.41 Å². The van der Waals surface area contributed by atoms with Gasteiger partial charge in [-0.2, -0.15) is 0 Å². The number of carbonyl (C=O) groups excluding carboxylic acids is 1. The molecule has 2 rings (SSSR count). The van der Waals surface area contributed by atoms with Gasteiger partial charge >= 0.3 is 0 Å². The number of hydrogen-bond acceptors (Lipinski definition) is 4. The fraction of sp³-hybridized carbons (Fsp3) is 0.133. The summed E-state index contributed by atoms with van der Waals surface area (Å²) >= 11 is 10.5. The molecule has 0 aliphatic rings. The van der Waals surface area contributed by atoms with Gasteiger partial charge in [-0.15, -0.1) is 25.3 Å². The van der Waals surface area contributed by atoms with E-state index < -0.39 is 0 Å². The highest BCUT2D eigenvalue weighted by molar-refractivity contribution is 8.00. The molecule has 0 spiro atoms. The van der Waals surface area contributed by atoms with E-state index in [-0.39, 0.29) is 0 Å². The first-order chi connectivity index (χ1) is 9.54. The molecule has 0 saturated heterocycles. The molecule has 2 nitrogen and oxygen atoms in total. The van der Waals surface area contributed by atoms with Gasteiger partial charge in [0.1, 0.15) is 0 Å². The predicted octanol–water partition coefficient (Wildman–Crippen LogP) is 4.12. The number of carbonyl (C=O) groups is 1. The van der Waals surface area contributed by atoms with Crippen LogP contribution in [0.5, 0.6) is 0 Å². The van der Waals surface area contributed by atoms with Crippen LogP contribution in [-0.4, -0.2) is 25.4 Å². The summed E-state index contributed by atoms with van der Waals surface area (Å²) < 4.78 is 0. The molecule has 0 aliphatic heterocycles. The average Bonchev–Trinajstić information content (AvgIpc) is 2.44. The average molecular weight is 324 g/mol. The summed E-state index contributed by atoms with van der Waals surface area (Å²) in [6.07, 6.45) is 0.750. The Bertz CT molecular complexity index is 515. The van der Waals surface area contributed by atoms with Gasteiger partial charge in [-0.05, 0) is 24.3 Å². The molecule has 0 fully saturated rings. The minimum atomic E-state index is 0.750. The second-order valence-corrected chi connectivity index (χ2v) is 6.15. The molecule has 0 aliphatic carbocycles. The van der Waals surface area contributed by atoms with E-state index in [2.05, 4.69) is 37.4 Å². The number of hydrogen-bond donors (Lipinski definition) is 2. The maximum atomic E-state index is 9.43. The maximum absolute atomic E-state index is 9.43. The molecule has 0 heterocycles. The molecule has 1 amide bonds. The standard InChI is InChI=1S/C12H10S3.C3H7NO/c13-9-5-1-3-7-11(9)15-12-8-4-2-6-10(12)14;1-4(2)3-5/h1-8,13-14H;3H,1-2H3. The quantitative estimate of drug-likeness (QED) is 0.654. The van der Waals surface area contributed by atoms with Gasteiger partial charge in [0, 0.05) is 33.7 Å². The van der Waals surface area contributed by atoms with Crippen molar-refractivity contribution in [3.63, 3.8) is 0 Å². The minimum absolute atomic E-state index is 0.750. The Kier molecular flexibility index (Phi) is 7.65. The van der Waals surface area contributed by atoms with Gasteiger partial charge in [-0.25, -0.2) is 0 Å². The summed E-state index contributed by atoms with van der Waals surface area (Å²) in [6.45, 7) is 0. The number of benzene rings is 2. The summed E-state index contributed by atoms with van der Waals surface area (Å²) in [5.41, 5.74) is 0. The first-order valence-electron chi connectivity index (χ1n) is 5.90. The second kappa shape index (κ2) is 9.00. The Balaban J connectivity index is 0.000000347. The molecule has 2 aromatic rings. The molecule has 0 aromatic heterocycles. The van der Waals surface area contributed by atoms with Crippen molar-refractivity contribution in [1.82, 2.24) is 4.90 Å². The third kappa shape index (κ3) is 5.94. The first-order valence-corrected chi connectivity index (χ1v) is 7.61. The summed E-state index contributed by atoms with van der Waals surface area (Å²) in [4.78, 5) is 15.2. The summed E-state index contributed by atoms with van der Waals surface area (Å²) in [5, 5.41) is 0. The normalized spacial score (nSPS) is 9.40. The van der Waals surface area contributed by atoms with Crippen molar-refractivity contribution in [2.45, 2.75) is 19.6 Å². The fourth-order valence-electron chi connectivity index (χ4n) is 1.21. The van der Waals surface area contributed by atoms with Crippen LogP contribution in [0.3, 0.4) is 0 Å². The van der Waals surface area contributed by atoms with E-state index in [1.807, 2.05) is 36.4 Å². The zero-order valence-electron chi connectivity index (χ0n) is 11.4. The van der Waals surface area contributed by atoms with Crippen molar-refractivity contribution in [3.05, 3.63) is 48.5 Å². The molecule has 0 unspecified atom stereocenters. The number of rotatable bonds is 3. The van der Waals surface area contributed by atoms with E-state index in [0.29, 0.717) is 0 Å². The number of thiol groups is 2. The van der Waals surface area contributed by atoms with Gasteiger partial charge in [0.25, 0.3) is 0 Å². The maximum Gasteiger partial charge on any atom is 0.209 e. The molecule has 5 heteroatoms. The highest BCUT2D eigenvalue weighted by atomic mass is 32.2. The van der Waals surface area contributed by atoms with Crippen molar-refractivity contribution in [3.8, 4) is 0 Å². The topological polar surface area (TPSA) is 20.3 Å². The zero-order valence-corrected chi connectivity index (χ0v) is 14.0. The third-order valence-electron chi connectivity index (χ3n) is 2.16. The Morgan fingerprint density at radius 1 is 0.900 bits per heavy atom. The summed E-state index contributed by atoms with van der Waals surface area (Å²) in [5.74, 6) is 0. The van der Waals surface area contributed by atoms with Crippen molar-refractivity contribution in [2.24, 2.45) is 0 Å². The van der Waals surface area contributed by atoms with Crippen LogP contribution >= 0.6 is 37.0 Å². The van der Waals surface area contributed by atoms with Crippen LogP contribution in [0, 0.1) is 0 Å². The fourth-order valence-corrected chi connectivity index (χ4v) is 2.68. The lowest BCUT2D eigenvalue weighted by atomic mass is 10.4. The van der Waals surface area contributed by atoms with E-state index in [1.54, 1.807) is 25.9 Å². The van der Waals surface area contributed by atoms with Gasteiger partial charge in [-0.1, -0.05) is 36.0 Å². The smallest absolute Gasteiger partial charge is 0.209 e. The van der Waals surface area contributed by atoms with Crippen LogP contribution in [0.1, 0.15) is 0 Å². The Labute approximate surface area is 135 Å². The highest BCUT2D eigenvalue weighted by Gasteiger charge is 2.02. The second-order valence-electron chi connectivity index (χ2n) is 4.11. The van der Waals surface area contributed by atoms with Crippen LogP contribution in [0.4, 0.5) is 0 Å². The van der Waals surface area contributed by atoms with Crippen molar-refractivity contribution in [2.75, 3.05) is 14.1 Å². The lowest BCUT2D eigenvalue weighted by molar-refractivity contribution is -0.115. The molecule has 0 saturated carbocycles. The van der Waals surface area contributed by atoms with E-state index in [4.69, 9.17) is 0 Å². The minimum Gasteiger partial charge on any atom is -0.351 e. The van der Waals surface area contributed by atoms with E-state index >= 15 is 0 Å². The third-order valence-corrected chi connectivity index (χ3v) is 4.40. The number of nitrogens with zero attached hydrogens (tertiary/aromatic N) is 1. The van der Waals surface area contributed by atoms with E-state index in [9.17, 15) is 4.79 Å². The molecule has 2 aromatic carbocycles. The van der Waals surface area contributed by atoms with Gasteiger partial charge in [-0.3, -0.25) is 4.79 Å². The lowest BCUT2D eigenvalue weighted by Crippen LogP contribution is -2.06. The van der Waals surface area contributed by atoms with Crippen LogP contribution in [-0.2, 0) is 4.79 Å². The summed E-state index contributed by atoms with van der Waals surface area (Å²) in [6, 6.07) is 16.1. The molecular formula is C15H17NOS3. The largest absolute Gasteiger partial charge is 0.351 e. The van der Waals surface area contributed by atoms with Gasteiger partial charge < -0.3 is 4.90 Å². The first kappa shape index (κ1) is 17.0. The van der Waals surface area contributed by atoms with Crippen LogP contribution in [0.15, 0.2) is 68.1 Å². The van der Waals surface area contributed by atoms with Crippen LogP contribution in [0.2, 0.25) is 0 Å². The zero-order chi connectivity index (χ0) is 15.0.